The molecule has 2 atom stereocenters. The van der Waals surface area contributed by atoms with Gasteiger partial charge in [-0.1, -0.05) is 13.0 Å². The lowest BCUT2D eigenvalue weighted by atomic mass is 9.82. The molecule has 1 fully saturated rings. The number of hydrogen-bond donors (Lipinski definition) is 1. The van der Waals surface area contributed by atoms with Crippen LogP contribution in [0, 0.1) is 11.8 Å². The first kappa shape index (κ1) is 12.8. The number of ketones is 1. The summed E-state index contributed by atoms with van der Waals surface area (Å²) in [7, 11) is 0. The molecule has 0 aromatic heterocycles. The summed E-state index contributed by atoms with van der Waals surface area (Å²) >= 11 is 0. The molecule has 2 aliphatic rings. The highest BCUT2D eigenvalue weighted by Gasteiger charge is 2.23. The first-order valence-corrected chi connectivity index (χ1v) is 7.20. The van der Waals surface area contributed by atoms with Crippen molar-refractivity contribution in [2.75, 3.05) is 13.1 Å². The van der Waals surface area contributed by atoms with Gasteiger partial charge >= 0.3 is 0 Å². The maximum absolute atomic E-state index is 12.2. The Labute approximate surface area is 105 Å². The van der Waals surface area contributed by atoms with Crippen molar-refractivity contribution in [1.29, 1.82) is 0 Å². The summed E-state index contributed by atoms with van der Waals surface area (Å²) in [4.78, 5) is 12.2. The van der Waals surface area contributed by atoms with E-state index in [1.807, 2.05) is 0 Å². The summed E-state index contributed by atoms with van der Waals surface area (Å²) in [6.45, 7) is 4.51. The molecule has 1 aliphatic heterocycles. The Morgan fingerprint density at radius 1 is 1.47 bits per heavy atom. The molecule has 2 unspecified atom stereocenters. The summed E-state index contributed by atoms with van der Waals surface area (Å²) in [5, 5.41) is 3.44. The normalized spacial score (nSPS) is 27.4. The lowest BCUT2D eigenvalue weighted by Crippen LogP contribution is -2.34. The van der Waals surface area contributed by atoms with E-state index in [2.05, 4.69) is 18.3 Å². The zero-order chi connectivity index (χ0) is 12.1. The summed E-state index contributed by atoms with van der Waals surface area (Å²) in [6, 6.07) is 0. The second-order valence-corrected chi connectivity index (χ2v) is 5.69. The van der Waals surface area contributed by atoms with Gasteiger partial charge in [0.25, 0.3) is 0 Å². The van der Waals surface area contributed by atoms with Crippen LogP contribution in [-0.2, 0) is 4.79 Å². The van der Waals surface area contributed by atoms with Crippen LogP contribution in [0.1, 0.15) is 51.9 Å². The van der Waals surface area contributed by atoms with Crippen LogP contribution >= 0.6 is 0 Å². The predicted molar refractivity (Wildman–Crippen MR) is 70.9 cm³/mol. The second kappa shape index (κ2) is 6.34. The molecular formula is C15H25NO. The van der Waals surface area contributed by atoms with Crippen molar-refractivity contribution in [2.45, 2.75) is 51.9 Å². The molecule has 0 amide bonds. The monoisotopic (exact) mass is 235 g/mol. The van der Waals surface area contributed by atoms with E-state index in [9.17, 15) is 4.79 Å². The number of Topliss-reactive ketones (excluding diaryl/α,β-unsaturated/α-hetero) is 1. The van der Waals surface area contributed by atoms with Gasteiger partial charge in [-0.25, -0.2) is 0 Å². The fraction of sp³-hybridized carbons (Fsp3) is 0.800. The molecule has 2 heteroatoms. The first-order valence-electron chi connectivity index (χ1n) is 7.20. The van der Waals surface area contributed by atoms with E-state index in [4.69, 9.17) is 0 Å². The predicted octanol–water partition coefficient (Wildman–Crippen LogP) is 3.08. The van der Waals surface area contributed by atoms with Gasteiger partial charge < -0.3 is 5.32 Å². The van der Waals surface area contributed by atoms with Crippen molar-refractivity contribution in [3.05, 3.63) is 11.6 Å². The smallest absolute Gasteiger partial charge is 0.158 e. The Morgan fingerprint density at radius 3 is 3.00 bits per heavy atom. The molecule has 0 saturated carbocycles. The van der Waals surface area contributed by atoms with Gasteiger partial charge in [0.2, 0.25) is 0 Å². The number of rotatable bonds is 4. The summed E-state index contributed by atoms with van der Waals surface area (Å²) in [5.74, 6) is 1.66. The molecule has 17 heavy (non-hydrogen) atoms. The molecule has 2 nitrogen and oxygen atoms in total. The molecule has 1 heterocycles. The third-order valence-corrected chi connectivity index (χ3v) is 4.30. The van der Waals surface area contributed by atoms with E-state index in [0.29, 0.717) is 17.6 Å². The topological polar surface area (TPSA) is 29.1 Å². The van der Waals surface area contributed by atoms with E-state index in [1.54, 1.807) is 0 Å². The van der Waals surface area contributed by atoms with Crippen molar-refractivity contribution in [2.24, 2.45) is 11.8 Å². The zero-order valence-corrected chi connectivity index (χ0v) is 11.0. The quantitative estimate of drug-likeness (QED) is 0.811. The molecule has 96 valence electrons. The second-order valence-electron chi connectivity index (χ2n) is 5.69. The lowest BCUT2D eigenvalue weighted by Gasteiger charge is -2.28. The fourth-order valence-corrected chi connectivity index (χ4v) is 3.05. The summed E-state index contributed by atoms with van der Waals surface area (Å²) in [5.41, 5.74) is 1.12. The minimum atomic E-state index is 0.419. The van der Waals surface area contributed by atoms with Crippen LogP contribution in [0.25, 0.3) is 0 Å². The standard InChI is InChI=1S/C15H25NO/c1-12(14-8-5-9-16-11-14)10-15(17)13-6-3-2-4-7-13/h6,12,14,16H,2-5,7-11H2,1H3. The fourth-order valence-electron chi connectivity index (χ4n) is 3.05. The minimum Gasteiger partial charge on any atom is -0.316 e. The maximum atomic E-state index is 12.2. The first-order chi connectivity index (χ1) is 8.27. The van der Waals surface area contributed by atoms with Crippen molar-refractivity contribution in [1.82, 2.24) is 5.32 Å². The highest BCUT2D eigenvalue weighted by molar-refractivity contribution is 5.95. The maximum Gasteiger partial charge on any atom is 0.158 e. The van der Waals surface area contributed by atoms with Gasteiger partial charge in [-0.15, -0.1) is 0 Å². The van der Waals surface area contributed by atoms with E-state index in [-0.39, 0.29) is 0 Å². The van der Waals surface area contributed by atoms with Crippen LogP contribution in [0.15, 0.2) is 11.6 Å². The average molecular weight is 235 g/mol. The lowest BCUT2D eigenvalue weighted by molar-refractivity contribution is -0.117. The van der Waals surface area contributed by atoms with E-state index in [0.717, 1.165) is 37.9 Å². The third-order valence-electron chi connectivity index (χ3n) is 4.30. The van der Waals surface area contributed by atoms with Crippen molar-refractivity contribution in [3.8, 4) is 0 Å². The Morgan fingerprint density at radius 2 is 2.35 bits per heavy atom. The largest absolute Gasteiger partial charge is 0.316 e. The van der Waals surface area contributed by atoms with Crippen molar-refractivity contribution < 1.29 is 4.79 Å². The molecule has 1 N–H and O–H groups in total. The van der Waals surface area contributed by atoms with Crippen LogP contribution in [0.4, 0.5) is 0 Å². The Hall–Kier alpha value is -0.630. The molecule has 0 aromatic rings. The molecule has 1 saturated heterocycles. The molecule has 0 radical (unpaired) electrons. The molecule has 0 bridgehead atoms. The van der Waals surface area contributed by atoms with Crippen LogP contribution in [0.3, 0.4) is 0 Å². The number of nitrogens with one attached hydrogen (secondary N) is 1. The Balaban J connectivity index is 1.82. The Kier molecular flexibility index (Phi) is 4.78. The minimum absolute atomic E-state index is 0.419. The van der Waals surface area contributed by atoms with Crippen LogP contribution < -0.4 is 5.32 Å². The zero-order valence-electron chi connectivity index (χ0n) is 11.0. The number of allylic oxidation sites excluding steroid dienone is 2. The van der Waals surface area contributed by atoms with Gasteiger partial charge in [0.15, 0.2) is 5.78 Å². The van der Waals surface area contributed by atoms with Gasteiger partial charge in [-0.05, 0) is 69.0 Å². The van der Waals surface area contributed by atoms with Gasteiger partial charge in [-0.3, -0.25) is 4.79 Å². The summed E-state index contributed by atoms with van der Waals surface area (Å²) < 4.78 is 0. The van der Waals surface area contributed by atoms with E-state index in [1.165, 1.54) is 25.7 Å². The van der Waals surface area contributed by atoms with E-state index < -0.39 is 0 Å². The van der Waals surface area contributed by atoms with Crippen LogP contribution in [-0.4, -0.2) is 18.9 Å². The molecular weight excluding hydrogens is 210 g/mol. The number of hydrogen-bond acceptors (Lipinski definition) is 2. The van der Waals surface area contributed by atoms with Crippen LogP contribution in [0.2, 0.25) is 0 Å². The molecule has 1 aliphatic carbocycles. The number of carbonyl (C=O) groups excluding carboxylic acids is 1. The molecule has 0 aromatic carbocycles. The van der Waals surface area contributed by atoms with Gasteiger partial charge in [-0.2, -0.15) is 0 Å². The average Bonchev–Trinajstić information content (AvgIpc) is 2.40. The highest BCUT2D eigenvalue weighted by atomic mass is 16.1. The third kappa shape index (κ3) is 3.67. The van der Waals surface area contributed by atoms with E-state index >= 15 is 0 Å². The summed E-state index contributed by atoms with van der Waals surface area (Å²) in [6.07, 6.45) is 10.1. The molecule has 0 spiro atoms. The van der Waals surface area contributed by atoms with Gasteiger partial charge in [0, 0.05) is 6.42 Å². The van der Waals surface area contributed by atoms with Gasteiger partial charge in [0.1, 0.15) is 0 Å². The van der Waals surface area contributed by atoms with Crippen molar-refractivity contribution in [3.63, 3.8) is 0 Å². The number of piperidine rings is 1. The SMILES string of the molecule is CC(CC(=O)C1=CCCCC1)C1CCCNC1. The highest BCUT2D eigenvalue weighted by Crippen LogP contribution is 2.26. The molecule has 2 rings (SSSR count). The Bertz CT molecular complexity index is 289. The van der Waals surface area contributed by atoms with Crippen LogP contribution in [0.5, 0.6) is 0 Å². The van der Waals surface area contributed by atoms with Crippen molar-refractivity contribution >= 4 is 5.78 Å². The number of carbonyl (C=O) groups is 1. The van der Waals surface area contributed by atoms with Gasteiger partial charge in [0.05, 0.1) is 0 Å².